The lowest BCUT2D eigenvalue weighted by Crippen LogP contribution is -2.30. The number of esters is 3. The van der Waals surface area contributed by atoms with Crippen LogP contribution in [0.15, 0.2) is 72.9 Å². The Morgan fingerprint density at radius 1 is 0.344 bits per heavy atom. The molecular formula is C55H94O6. The van der Waals surface area contributed by atoms with Gasteiger partial charge in [0, 0.05) is 19.3 Å². The number of carbonyl (C=O) groups is 3. The third kappa shape index (κ3) is 47.7. The van der Waals surface area contributed by atoms with Crippen molar-refractivity contribution in [2.24, 2.45) is 0 Å². The van der Waals surface area contributed by atoms with Gasteiger partial charge in [-0.1, -0.05) is 209 Å². The molecule has 61 heavy (non-hydrogen) atoms. The smallest absolute Gasteiger partial charge is 0.306 e. The zero-order valence-corrected chi connectivity index (χ0v) is 39.9. The molecule has 0 heterocycles. The van der Waals surface area contributed by atoms with E-state index in [1.165, 1.54) is 116 Å². The van der Waals surface area contributed by atoms with Gasteiger partial charge in [0.05, 0.1) is 0 Å². The molecule has 0 aromatic heterocycles. The Bertz CT molecular complexity index is 1160. The highest BCUT2D eigenvalue weighted by Gasteiger charge is 2.19. The fourth-order valence-corrected chi connectivity index (χ4v) is 6.88. The molecule has 0 aliphatic carbocycles. The van der Waals surface area contributed by atoms with Crippen LogP contribution in [0.1, 0.15) is 239 Å². The molecule has 0 aliphatic rings. The fourth-order valence-electron chi connectivity index (χ4n) is 6.88. The Morgan fingerprint density at radius 3 is 1.07 bits per heavy atom. The normalized spacial score (nSPS) is 12.6. The number of rotatable bonds is 45. The zero-order valence-electron chi connectivity index (χ0n) is 39.9. The number of hydrogen-bond donors (Lipinski definition) is 0. The maximum absolute atomic E-state index is 12.7. The van der Waals surface area contributed by atoms with Crippen LogP contribution in [0.2, 0.25) is 0 Å². The molecular weight excluding hydrogens is 757 g/mol. The van der Waals surface area contributed by atoms with Gasteiger partial charge in [-0.15, -0.1) is 0 Å². The van der Waals surface area contributed by atoms with Crippen molar-refractivity contribution in [1.29, 1.82) is 0 Å². The molecule has 6 heteroatoms. The summed E-state index contributed by atoms with van der Waals surface area (Å²) in [5.41, 5.74) is 0. The predicted molar refractivity (Wildman–Crippen MR) is 261 cm³/mol. The lowest BCUT2D eigenvalue weighted by molar-refractivity contribution is -0.167. The summed E-state index contributed by atoms with van der Waals surface area (Å²) in [6.45, 7) is 6.44. The number of carbonyl (C=O) groups excluding carboxylic acids is 3. The van der Waals surface area contributed by atoms with Gasteiger partial charge < -0.3 is 14.2 Å². The topological polar surface area (TPSA) is 78.9 Å². The summed E-state index contributed by atoms with van der Waals surface area (Å²) in [5.74, 6) is -0.966. The quantitative estimate of drug-likeness (QED) is 0.0263. The minimum absolute atomic E-state index is 0.0986. The molecule has 0 aromatic rings. The van der Waals surface area contributed by atoms with Crippen molar-refractivity contribution in [2.75, 3.05) is 13.2 Å². The Balaban J connectivity index is 4.39. The Kier molecular flexibility index (Phi) is 46.9. The average molecular weight is 851 g/mol. The van der Waals surface area contributed by atoms with Gasteiger partial charge in [-0.2, -0.15) is 0 Å². The van der Waals surface area contributed by atoms with Crippen LogP contribution in [-0.2, 0) is 28.6 Å². The minimum atomic E-state index is -0.803. The molecule has 0 bridgehead atoms. The maximum atomic E-state index is 12.7. The minimum Gasteiger partial charge on any atom is -0.462 e. The van der Waals surface area contributed by atoms with Crippen molar-refractivity contribution in [3.05, 3.63) is 72.9 Å². The Labute approximate surface area is 376 Å². The van der Waals surface area contributed by atoms with E-state index in [0.717, 1.165) is 77.0 Å². The first-order chi connectivity index (χ1) is 30.0. The van der Waals surface area contributed by atoms with Crippen LogP contribution in [0.25, 0.3) is 0 Å². The zero-order chi connectivity index (χ0) is 44.4. The van der Waals surface area contributed by atoms with E-state index in [1.807, 2.05) is 0 Å². The van der Waals surface area contributed by atoms with E-state index in [4.69, 9.17) is 14.2 Å². The molecule has 0 N–H and O–H groups in total. The van der Waals surface area contributed by atoms with Crippen LogP contribution in [0.4, 0.5) is 0 Å². The van der Waals surface area contributed by atoms with Gasteiger partial charge in [0.25, 0.3) is 0 Å². The van der Waals surface area contributed by atoms with Crippen molar-refractivity contribution in [1.82, 2.24) is 0 Å². The molecule has 6 nitrogen and oxygen atoms in total. The second-order valence-corrected chi connectivity index (χ2v) is 16.7. The summed E-state index contributed by atoms with van der Waals surface area (Å²) in [7, 11) is 0. The lowest BCUT2D eigenvalue weighted by Gasteiger charge is -2.18. The van der Waals surface area contributed by atoms with Crippen LogP contribution in [-0.4, -0.2) is 37.2 Å². The third-order valence-corrected chi connectivity index (χ3v) is 10.7. The van der Waals surface area contributed by atoms with Gasteiger partial charge in [0.2, 0.25) is 0 Å². The number of unbranched alkanes of at least 4 members (excludes halogenated alkanes) is 22. The average Bonchev–Trinajstić information content (AvgIpc) is 3.26. The van der Waals surface area contributed by atoms with E-state index in [0.29, 0.717) is 19.3 Å². The molecule has 1 atom stereocenters. The molecule has 0 radical (unpaired) electrons. The predicted octanol–water partition coefficient (Wildman–Crippen LogP) is 16.6. The summed E-state index contributed by atoms with van der Waals surface area (Å²) < 4.78 is 16.7. The molecule has 1 unspecified atom stereocenters. The van der Waals surface area contributed by atoms with Crippen LogP contribution >= 0.6 is 0 Å². The van der Waals surface area contributed by atoms with Crippen LogP contribution < -0.4 is 0 Å². The van der Waals surface area contributed by atoms with E-state index in [2.05, 4.69) is 93.7 Å². The largest absolute Gasteiger partial charge is 0.462 e. The van der Waals surface area contributed by atoms with Crippen LogP contribution in [0.5, 0.6) is 0 Å². The van der Waals surface area contributed by atoms with Crippen molar-refractivity contribution < 1.29 is 28.6 Å². The van der Waals surface area contributed by atoms with E-state index in [9.17, 15) is 14.4 Å². The molecule has 0 fully saturated rings. The van der Waals surface area contributed by atoms with Gasteiger partial charge >= 0.3 is 17.9 Å². The number of ether oxygens (including phenoxy) is 3. The molecule has 0 aromatic carbocycles. The number of hydrogen-bond acceptors (Lipinski definition) is 6. The molecule has 0 amide bonds. The first-order valence-electron chi connectivity index (χ1n) is 25.4. The van der Waals surface area contributed by atoms with E-state index < -0.39 is 6.10 Å². The second kappa shape index (κ2) is 49.5. The third-order valence-electron chi connectivity index (χ3n) is 10.7. The second-order valence-electron chi connectivity index (χ2n) is 16.7. The van der Waals surface area contributed by atoms with Crippen molar-refractivity contribution in [3.8, 4) is 0 Å². The molecule has 350 valence electrons. The number of allylic oxidation sites excluding steroid dienone is 12. The fraction of sp³-hybridized carbons (Fsp3) is 0.727. The lowest BCUT2D eigenvalue weighted by atomic mass is 10.1. The van der Waals surface area contributed by atoms with Crippen molar-refractivity contribution >= 4 is 17.9 Å². The highest BCUT2D eigenvalue weighted by Crippen LogP contribution is 2.14. The summed E-state index contributed by atoms with van der Waals surface area (Å²) in [4.78, 5) is 37.8. The summed E-state index contributed by atoms with van der Waals surface area (Å²) in [6.07, 6.45) is 61.9. The van der Waals surface area contributed by atoms with Crippen molar-refractivity contribution in [3.63, 3.8) is 0 Å². The first-order valence-corrected chi connectivity index (χ1v) is 25.4. The Hall–Kier alpha value is -3.15. The maximum Gasteiger partial charge on any atom is 0.306 e. The summed E-state index contributed by atoms with van der Waals surface area (Å²) >= 11 is 0. The molecule has 0 rings (SSSR count). The molecule has 0 saturated carbocycles. The van der Waals surface area contributed by atoms with Gasteiger partial charge in [-0.25, -0.2) is 0 Å². The van der Waals surface area contributed by atoms with E-state index in [1.54, 1.807) is 0 Å². The monoisotopic (exact) mass is 851 g/mol. The summed E-state index contributed by atoms with van der Waals surface area (Å²) in [6, 6.07) is 0. The van der Waals surface area contributed by atoms with Crippen molar-refractivity contribution in [2.45, 2.75) is 245 Å². The van der Waals surface area contributed by atoms with E-state index >= 15 is 0 Å². The standard InChI is InChI=1S/C55H94O6/c1-4-7-10-13-16-19-21-23-25-27-29-30-32-34-36-39-42-45-48-54(57)60-51-52(50-59-53(56)47-44-41-38-18-15-12-9-6-3)61-55(58)49-46-43-40-37-35-33-31-28-26-24-22-20-17-14-11-8-5-2/h8,11,17,20,24-27,31,33,37,40,52H,4-7,9-10,12-16,18-19,21-23,28-30,32,34-36,38-39,41-51H2,1-3H3/b11-8-,20-17-,26-24-,27-25-,33-31-,40-37-. The van der Waals surface area contributed by atoms with Crippen LogP contribution in [0, 0.1) is 0 Å². The molecule has 0 aliphatic heterocycles. The molecule has 0 spiro atoms. The SMILES string of the molecule is CC/C=C\C/C=C\C/C=C\C/C=C\C/C=C\CCCC(=O)OC(COC(=O)CCCCCCCCCC)COC(=O)CCCCCCCCC/C=C\CCCCCCCCC. The Morgan fingerprint density at radius 2 is 0.656 bits per heavy atom. The van der Waals surface area contributed by atoms with Gasteiger partial charge in [0.15, 0.2) is 6.10 Å². The van der Waals surface area contributed by atoms with Gasteiger partial charge in [-0.3, -0.25) is 14.4 Å². The van der Waals surface area contributed by atoms with Gasteiger partial charge in [0.1, 0.15) is 13.2 Å². The van der Waals surface area contributed by atoms with Gasteiger partial charge in [-0.05, 0) is 83.5 Å². The molecule has 0 saturated heterocycles. The van der Waals surface area contributed by atoms with Crippen LogP contribution in [0.3, 0.4) is 0 Å². The summed E-state index contributed by atoms with van der Waals surface area (Å²) in [5, 5.41) is 0. The van der Waals surface area contributed by atoms with E-state index in [-0.39, 0.29) is 37.5 Å². The first kappa shape index (κ1) is 57.9. The highest BCUT2D eigenvalue weighted by atomic mass is 16.6. The highest BCUT2D eigenvalue weighted by molar-refractivity contribution is 5.71.